The Hall–Kier alpha value is -0.290. The number of hydrogen-bond donors (Lipinski definition) is 2. The molecule has 0 heterocycles. The summed E-state index contributed by atoms with van der Waals surface area (Å²) in [4.78, 5) is 0. The summed E-state index contributed by atoms with van der Waals surface area (Å²) in [6.07, 6.45) is -2.17. The van der Waals surface area contributed by atoms with E-state index in [0.29, 0.717) is 0 Å². The first-order valence-corrected chi connectivity index (χ1v) is 4.53. The van der Waals surface area contributed by atoms with Crippen molar-refractivity contribution in [3.63, 3.8) is 0 Å². The molecule has 0 aromatic carbocycles. The van der Waals surface area contributed by atoms with Crippen LogP contribution in [0.5, 0.6) is 0 Å². The van der Waals surface area contributed by atoms with E-state index in [9.17, 15) is 13.2 Å². The van der Waals surface area contributed by atoms with Gasteiger partial charge in [-0.15, -0.1) is 0 Å². The van der Waals surface area contributed by atoms with Crippen LogP contribution in [0.3, 0.4) is 0 Å². The molecule has 0 aliphatic heterocycles. The lowest BCUT2D eigenvalue weighted by Gasteiger charge is -2.13. The van der Waals surface area contributed by atoms with E-state index in [2.05, 4.69) is 5.32 Å². The normalized spacial score (nSPS) is 29.5. The molecule has 3 N–H and O–H groups in total. The van der Waals surface area contributed by atoms with Gasteiger partial charge >= 0.3 is 6.18 Å². The maximum absolute atomic E-state index is 11.7. The van der Waals surface area contributed by atoms with Crippen molar-refractivity contribution in [2.24, 2.45) is 5.73 Å². The zero-order valence-electron chi connectivity index (χ0n) is 7.40. The maximum atomic E-state index is 11.7. The number of alkyl halides is 3. The van der Waals surface area contributed by atoms with Gasteiger partial charge in [0.1, 0.15) is 0 Å². The van der Waals surface area contributed by atoms with Crippen molar-refractivity contribution >= 4 is 0 Å². The number of nitrogens with two attached hydrogens (primary N) is 1. The van der Waals surface area contributed by atoms with Crippen LogP contribution in [-0.4, -0.2) is 24.8 Å². The molecule has 0 aromatic rings. The molecular formula is C8H15F3N2. The summed E-state index contributed by atoms with van der Waals surface area (Å²) in [5.41, 5.74) is 5.62. The van der Waals surface area contributed by atoms with Crippen LogP contribution >= 0.6 is 0 Å². The topological polar surface area (TPSA) is 38.0 Å². The summed E-state index contributed by atoms with van der Waals surface area (Å²) >= 11 is 0. The van der Waals surface area contributed by atoms with Gasteiger partial charge in [-0.25, -0.2) is 0 Å². The van der Waals surface area contributed by atoms with E-state index < -0.39 is 12.6 Å². The van der Waals surface area contributed by atoms with E-state index in [4.69, 9.17) is 5.73 Å². The van der Waals surface area contributed by atoms with Crippen molar-refractivity contribution < 1.29 is 13.2 Å². The van der Waals surface area contributed by atoms with E-state index in [1.165, 1.54) is 0 Å². The molecule has 0 amide bonds. The molecular weight excluding hydrogens is 181 g/mol. The first kappa shape index (κ1) is 10.8. The fourth-order valence-electron chi connectivity index (χ4n) is 1.62. The molecule has 0 saturated heterocycles. The number of halogens is 3. The predicted octanol–water partition coefficient (Wildman–Crippen LogP) is 1.41. The van der Waals surface area contributed by atoms with Gasteiger partial charge in [0, 0.05) is 18.6 Å². The van der Waals surface area contributed by atoms with Gasteiger partial charge in [-0.05, 0) is 19.3 Å². The molecule has 0 spiro atoms. The zero-order valence-corrected chi connectivity index (χ0v) is 7.40. The van der Waals surface area contributed by atoms with E-state index in [0.717, 1.165) is 19.3 Å². The van der Waals surface area contributed by atoms with Crippen molar-refractivity contribution in [2.45, 2.75) is 43.9 Å². The quantitative estimate of drug-likeness (QED) is 0.716. The van der Waals surface area contributed by atoms with Gasteiger partial charge < -0.3 is 11.1 Å². The molecule has 1 rings (SSSR count). The van der Waals surface area contributed by atoms with Crippen molar-refractivity contribution in [1.29, 1.82) is 0 Å². The molecule has 78 valence electrons. The monoisotopic (exact) mass is 196 g/mol. The van der Waals surface area contributed by atoms with Gasteiger partial charge in [0.25, 0.3) is 0 Å². The summed E-state index contributed by atoms with van der Waals surface area (Å²) < 4.78 is 35.2. The van der Waals surface area contributed by atoms with Crippen LogP contribution in [0, 0.1) is 0 Å². The van der Waals surface area contributed by atoms with Gasteiger partial charge in [-0.1, -0.05) is 0 Å². The summed E-state index contributed by atoms with van der Waals surface area (Å²) in [6.45, 7) is 0.0148. The highest BCUT2D eigenvalue weighted by Crippen LogP contribution is 2.20. The molecule has 13 heavy (non-hydrogen) atoms. The van der Waals surface area contributed by atoms with Gasteiger partial charge in [0.2, 0.25) is 0 Å². The lowest BCUT2D eigenvalue weighted by Crippen LogP contribution is -2.31. The van der Waals surface area contributed by atoms with Crippen LogP contribution in [0.4, 0.5) is 13.2 Å². The molecule has 1 saturated carbocycles. The van der Waals surface area contributed by atoms with Crippen LogP contribution < -0.4 is 11.1 Å². The first-order chi connectivity index (χ1) is 5.97. The molecule has 5 heteroatoms. The zero-order chi connectivity index (χ0) is 9.90. The van der Waals surface area contributed by atoms with E-state index in [-0.39, 0.29) is 18.6 Å². The SMILES string of the molecule is NC1CCC(NCCC(F)(F)F)C1. The third-order valence-electron chi connectivity index (χ3n) is 2.31. The number of rotatable bonds is 3. The van der Waals surface area contributed by atoms with Crippen LogP contribution in [0.1, 0.15) is 25.7 Å². The fraction of sp³-hybridized carbons (Fsp3) is 1.00. The van der Waals surface area contributed by atoms with Crippen LogP contribution in [0.25, 0.3) is 0 Å². The Kier molecular flexibility index (Phi) is 3.55. The second-order valence-corrected chi connectivity index (χ2v) is 3.59. The number of nitrogens with one attached hydrogen (secondary N) is 1. The van der Waals surface area contributed by atoms with Gasteiger partial charge in [-0.2, -0.15) is 13.2 Å². The molecule has 1 fully saturated rings. The summed E-state index contributed by atoms with van der Waals surface area (Å²) in [6, 6.07) is 0.362. The Balaban J connectivity index is 2.07. The van der Waals surface area contributed by atoms with Crippen LogP contribution in [-0.2, 0) is 0 Å². The molecule has 2 unspecified atom stereocenters. The van der Waals surface area contributed by atoms with Crippen molar-refractivity contribution in [3.05, 3.63) is 0 Å². The lowest BCUT2D eigenvalue weighted by molar-refractivity contribution is -0.133. The fourth-order valence-corrected chi connectivity index (χ4v) is 1.62. The van der Waals surface area contributed by atoms with Gasteiger partial charge in [-0.3, -0.25) is 0 Å². The Labute approximate surface area is 75.7 Å². The van der Waals surface area contributed by atoms with Crippen LogP contribution in [0.15, 0.2) is 0 Å². The first-order valence-electron chi connectivity index (χ1n) is 4.53. The van der Waals surface area contributed by atoms with Crippen molar-refractivity contribution in [3.8, 4) is 0 Å². The summed E-state index contributed by atoms with van der Waals surface area (Å²) in [5.74, 6) is 0. The highest BCUT2D eigenvalue weighted by atomic mass is 19.4. The Morgan fingerprint density at radius 2 is 2.00 bits per heavy atom. The van der Waals surface area contributed by atoms with E-state index in [1.807, 2.05) is 0 Å². The Bertz CT molecular complexity index is 158. The van der Waals surface area contributed by atoms with Gasteiger partial charge in [0.05, 0.1) is 6.42 Å². The molecule has 2 atom stereocenters. The molecule has 1 aliphatic carbocycles. The van der Waals surface area contributed by atoms with Crippen LogP contribution in [0.2, 0.25) is 0 Å². The largest absolute Gasteiger partial charge is 0.390 e. The Morgan fingerprint density at radius 1 is 1.31 bits per heavy atom. The second-order valence-electron chi connectivity index (χ2n) is 3.59. The number of hydrogen-bond acceptors (Lipinski definition) is 2. The Morgan fingerprint density at radius 3 is 2.46 bits per heavy atom. The molecule has 1 aliphatic rings. The third-order valence-corrected chi connectivity index (χ3v) is 2.31. The lowest BCUT2D eigenvalue weighted by atomic mass is 10.2. The average Bonchev–Trinajstić information content (AvgIpc) is 2.33. The van der Waals surface area contributed by atoms with E-state index in [1.54, 1.807) is 0 Å². The summed E-state index contributed by atoms with van der Waals surface area (Å²) in [7, 11) is 0. The minimum absolute atomic E-state index is 0.0148. The minimum Gasteiger partial charge on any atom is -0.328 e. The predicted molar refractivity (Wildman–Crippen MR) is 44.3 cm³/mol. The maximum Gasteiger partial charge on any atom is 0.390 e. The highest BCUT2D eigenvalue weighted by molar-refractivity contribution is 4.82. The third kappa shape index (κ3) is 4.47. The van der Waals surface area contributed by atoms with Crippen molar-refractivity contribution in [1.82, 2.24) is 5.32 Å². The molecule has 2 nitrogen and oxygen atoms in total. The minimum atomic E-state index is -4.05. The molecule has 0 bridgehead atoms. The molecule has 0 radical (unpaired) electrons. The highest BCUT2D eigenvalue weighted by Gasteiger charge is 2.27. The van der Waals surface area contributed by atoms with E-state index >= 15 is 0 Å². The second kappa shape index (κ2) is 4.28. The van der Waals surface area contributed by atoms with Gasteiger partial charge in [0.15, 0.2) is 0 Å². The van der Waals surface area contributed by atoms with Crippen molar-refractivity contribution in [2.75, 3.05) is 6.54 Å². The summed E-state index contributed by atoms with van der Waals surface area (Å²) in [5, 5.41) is 2.87. The smallest absolute Gasteiger partial charge is 0.328 e. The molecule has 0 aromatic heterocycles. The average molecular weight is 196 g/mol. The standard InChI is InChI=1S/C8H15F3N2/c9-8(10,11)3-4-13-7-2-1-6(12)5-7/h6-7,13H,1-5,12H2.